The fourth-order valence-corrected chi connectivity index (χ4v) is 2.34. The van der Waals surface area contributed by atoms with E-state index < -0.39 is 11.8 Å². The number of aryl methyl sites for hydroxylation is 1. The summed E-state index contributed by atoms with van der Waals surface area (Å²) in [6.45, 7) is 5.88. The Hall–Kier alpha value is -1.81. The first kappa shape index (κ1) is 18.2. The van der Waals surface area contributed by atoms with Gasteiger partial charge in [-0.15, -0.1) is 0 Å². The van der Waals surface area contributed by atoms with Gasteiger partial charge in [0.1, 0.15) is 5.83 Å². The number of carboxylic acids is 1. The summed E-state index contributed by atoms with van der Waals surface area (Å²) in [6, 6.07) is 5.36. The number of anilines is 1. The van der Waals surface area contributed by atoms with Crippen molar-refractivity contribution in [1.29, 1.82) is 0 Å². The van der Waals surface area contributed by atoms with Crippen LogP contribution in [0.25, 0.3) is 0 Å². The monoisotopic (exact) mass is 325 g/mol. The first-order chi connectivity index (χ1) is 10.5. The zero-order valence-corrected chi connectivity index (χ0v) is 13.8. The average Bonchev–Trinajstić information content (AvgIpc) is 2.46. The van der Waals surface area contributed by atoms with Gasteiger partial charge in [-0.1, -0.05) is 43.1 Å². The van der Waals surface area contributed by atoms with Crippen LogP contribution < -0.4 is 5.32 Å². The van der Waals surface area contributed by atoms with Crippen molar-refractivity contribution in [3.05, 3.63) is 52.0 Å². The summed E-state index contributed by atoms with van der Waals surface area (Å²) in [6.07, 6.45) is 2.50. The predicted octanol–water partition coefficient (Wildman–Crippen LogP) is 5.16. The molecule has 0 bridgehead atoms. The number of allylic oxidation sites excluding steroid dienone is 3. The first-order valence-electron chi connectivity index (χ1n) is 7.30. The normalized spacial score (nSPS) is 14.0. The van der Waals surface area contributed by atoms with Gasteiger partial charge in [-0.05, 0) is 37.5 Å². The summed E-state index contributed by atoms with van der Waals surface area (Å²) >= 11 is 6.04. The topological polar surface area (TPSA) is 49.3 Å². The van der Waals surface area contributed by atoms with Crippen molar-refractivity contribution in [3.8, 4) is 0 Å². The molecule has 120 valence electrons. The zero-order chi connectivity index (χ0) is 16.7. The van der Waals surface area contributed by atoms with Gasteiger partial charge >= 0.3 is 5.97 Å². The minimum absolute atomic E-state index is 0.125. The van der Waals surface area contributed by atoms with Crippen molar-refractivity contribution < 1.29 is 14.3 Å². The molecule has 0 saturated heterocycles. The molecule has 1 aromatic rings. The maximum Gasteiger partial charge on any atom is 0.307 e. The zero-order valence-electron chi connectivity index (χ0n) is 13.0. The number of benzene rings is 1. The lowest BCUT2D eigenvalue weighted by Crippen LogP contribution is -2.10. The van der Waals surface area contributed by atoms with Crippen molar-refractivity contribution in [1.82, 2.24) is 0 Å². The van der Waals surface area contributed by atoms with Gasteiger partial charge < -0.3 is 10.4 Å². The fourth-order valence-electron chi connectivity index (χ4n) is 2.10. The van der Waals surface area contributed by atoms with Crippen LogP contribution in [0.5, 0.6) is 0 Å². The van der Waals surface area contributed by atoms with E-state index in [4.69, 9.17) is 16.7 Å². The van der Waals surface area contributed by atoms with Crippen LogP contribution in [-0.4, -0.2) is 11.1 Å². The lowest BCUT2D eigenvalue weighted by atomic mass is 10.0. The molecule has 0 fully saturated rings. The van der Waals surface area contributed by atoms with Crippen LogP contribution >= 0.6 is 11.6 Å². The Morgan fingerprint density at radius 1 is 1.41 bits per heavy atom. The standard InChI is InChI=1S/C15H15ClFNO2.C2H6/c1-9-5-6-13(10(7-9)8-14(19)20)18-15-11(16)3-2-4-12(15)17;1-2/h4-7,18H,2-3,8H2,1H3,(H,19,20);1-2H3. The van der Waals surface area contributed by atoms with Gasteiger partial charge in [0.2, 0.25) is 0 Å². The molecular weight excluding hydrogens is 305 g/mol. The Morgan fingerprint density at radius 3 is 2.68 bits per heavy atom. The molecule has 5 heteroatoms. The lowest BCUT2D eigenvalue weighted by molar-refractivity contribution is -0.136. The summed E-state index contributed by atoms with van der Waals surface area (Å²) in [5.74, 6) is -1.33. The van der Waals surface area contributed by atoms with E-state index in [0.717, 1.165) is 5.56 Å². The number of halogens is 2. The maximum atomic E-state index is 13.8. The highest BCUT2D eigenvalue weighted by Gasteiger charge is 2.17. The number of rotatable bonds is 4. The third-order valence-electron chi connectivity index (χ3n) is 3.06. The fraction of sp³-hybridized carbons (Fsp3) is 0.353. The number of hydrogen-bond donors (Lipinski definition) is 2. The number of nitrogens with one attached hydrogen (secondary N) is 1. The molecule has 0 heterocycles. The SMILES string of the molecule is CC.Cc1ccc(NC2=C(Cl)CCC=C2F)c(CC(=O)O)c1. The number of carbonyl (C=O) groups is 1. The van der Waals surface area contributed by atoms with Crippen molar-refractivity contribution in [2.24, 2.45) is 0 Å². The molecule has 0 radical (unpaired) electrons. The van der Waals surface area contributed by atoms with Crippen molar-refractivity contribution >= 4 is 23.3 Å². The molecule has 1 aliphatic carbocycles. The van der Waals surface area contributed by atoms with Gasteiger partial charge in [0, 0.05) is 10.7 Å². The molecule has 22 heavy (non-hydrogen) atoms. The molecule has 3 nitrogen and oxygen atoms in total. The van der Waals surface area contributed by atoms with E-state index in [1.165, 1.54) is 6.08 Å². The molecule has 0 unspecified atom stereocenters. The van der Waals surface area contributed by atoms with Crippen LogP contribution in [0.1, 0.15) is 37.8 Å². The quantitative estimate of drug-likeness (QED) is 0.804. The Kier molecular flexibility index (Phi) is 7.12. The van der Waals surface area contributed by atoms with Gasteiger partial charge in [0.05, 0.1) is 12.1 Å². The van der Waals surface area contributed by atoms with Crippen molar-refractivity contribution in [2.75, 3.05) is 5.32 Å². The van der Waals surface area contributed by atoms with Crippen LogP contribution in [0, 0.1) is 6.92 Å². The molecule has 2 N–H and O–H groups in total. The highest BCUT2D eigenvalue weighted by atomic mass is 35.5. The average molecular weight is 326 g/mol. The highest BCUT2D eigenvalue weighted by Crippen LogP contribution is 2.31. The van der Waals surface area contributed by atoms with E-state index in [1.54, 1.807) is 12.1 Å². The molecule has 2 rings (SSSR count). The molecule has 0 atom stereocenters. The number of aliphatic carboxylic acids is 1. The van der Waals surface area contributed by atoms with Crippen molar-refractivity contribution in [3.63, 3.8) is 0 Å². The molecule has 0 aromatic heterocycles. The van der Waals surface area contributed by atoms with Gasteiger partial charge in [0.25, 0.3) is 0 Å². The smallest absolute Gasteiger partial charge is 0.307 e. The Bertz CT molecular complexity index is 609. The molecule has 0 amide bonds. The third-order valence-corrected chi connectivity index (χ3v) is 3.44. The van der Waals surface area contributed by atoms with E-state index in [0.29, 0.717) is 29.1 Å². The van der Waals surface area contributed by atoms with E-state index in [-0.39, 0.29) is 12.1 Å². The maximum absolute atomic E-state index is 13.8. The van der Waals surface area contributed by atoms with Gasteiger partial charge in [-0.2, -0.15) is 0 Å². The van der Waals surface area contributed by atoms with E-state index in [1.807, 2.05) is 26.8 Å². The lowest BCUT2D eigenvalue weighted by Gasteiger charge is -2.18. The summed E-state index contributed by atoms with van der Waals surface area (Å²) in [7, 11) is 0. The van der Waals surface area contributed by atoms with Crippen LogP contribution in [0.4, 0.5) is 10.1 Å². The number of carboxylic acid groups (broad SMARTS) is 1. The second-order valence-electron chi connectivity index (χ2n) is 4.73. The van der Waals surface area contributed by atoms with Crippen LogP contribution in [-0.2, 0) is 11.2 Å². The van der Waals surface area contributed by atoms with E-state index in [2.05, 4.69) is 5.32 Å². The molecule has 1 aromatic carbocycles. The van der Waals surface area contributed by atoms with E-state index in [9.17, 15) is 9.18 Å². The van der Waals surface area contributed by atoms with Crippen LogP contribution in [0.15, 0.2) is 40.8 Å². The minimum atomic E-state index is -0.932. The van der Waals surface area contributed by atoms with E-state index >= 15 is 0 Å². The van der Waals surface area contributed by atoms with Gasteiger partial charge in [-0.3, -0.25) is 4.79 Å². The van der Waals surface area contributed by atoms with Crippen molar-refractivity contribution in [2.45, 2.75) is 40.0 Å². The molecule has 0 spiro atoms. The van der Waals surface area contributed by atoms with Crippen LogP contribution in [0.2, 0.25) is 0 Å². The summed E-state index contributed by atoms with van der Waals surface area (Å²) in [5, 5.41) is 12.3. The molecular formula is C17H21ClFNO2. The summed E-state index contributed by atoms with van der Waals surface area (Å²) in [4.78, 5) is 10.9. The highest BCUT2D eigenvalue weighted by molar-refractivity contribution is 6.30. The summed E-state index contributed by atoms with van der Waals surface area (Å²) < 4.78 is 13.8. The largest absolute Gasteiger partial charge is 0.481 e. The van der Waals surface area contributed by atoms with Gasteiger partial charge in [-0.25, -0.2) is 4.39 Å². The first-order valence-corrected chi connectivity index (χ1v) is 7.68. The van der Waals surface area contributed by atoms with Crippen LogP contribution in [0.3, 0.4) is 0 Å². The van der Waals surface area contributed by atoms with Gasteiger partial charge in [0.15, 0.2) is 0 Å². The minimum Gasteiger partial charge on any atom is -0.481 e. The number of hydrogen-bond acceptors (Lipinski definition) is 2. The second kappa shape index (κ2) is 8.59. The summed E-state index contributed by atoms with van der Waals surface area (Å²) in [5.41, 5.74) is 2.35. The Morgan fingerprint density at radius 2 is 2.09 bits per heavy atom. The second-order valence-corrected chi connectivity index (χ2v) is 5.18. The molecule has 1 aliphatic rings. The molecule has 0 aliphatic heterocycles. The Balaban J connectivity index is 0.00000116. The third kappa shape index (κ3) is 4.88. The Labute approximate surface area is 135 Å². The predicted molar refractivity (Wildman–Crippen MR) is 88.8 cm³/mol. The molecule has 0 saturated carbocycles.